The third-order valence-corrected chi connectivity index (χ3v) is 8.61. The summed E-state index contributed by atoms with van der Waals surface area (Å²) in [5.74, 6) is 3.49. The van der Waals surface area contributed by atoms with E-state index in [-0.39, 0.29) is 6.04 Å². The van der Waals surface area contributed by atoms with Crippen molar-refractivity contribution in [3.05, 3.63) is 47.7 Å². The van der Waals surface area contributed by atoms with Gasteiger partial charge in [-0.15, -0.1) is 0 Å². The lowest BCUT2D eigenvalue weighted by molar-refractivity contribution is 0.0927. The number of nitrogens with zero attached hydrogens (tertiary/aromatic N) is 5. The highest BCUT2D eigenvalue weighted by Crippen LogP contribution is 2.38. The number of aromatic nitrogens is 3. The van der Waals surface area contributed by atoms with Gasteiger partial charge in [-0.3, -0.25) is 0 Å². The highest BCUT2D eigenvalue weighted by molar-refractivity contribution is 5.84. The minimum Gasteiger partial charge on any atom is -0.476 e. The highest BCUT2D eigenvalue weighted by atomic mass is 16.5. The predicted molar refractivity (Wildman–Crippen MR) is 144 cm³/mol. The molecular weight excluding hydrogens is 462 g/mol. The molecule has 0 bridgehead atoms. The summed E-state index contributed by atoms with van der Waals surface area (Å²) in [6.45, 7) is 5.97. The summed E-state index contributed by atoms with van der Waals surface area (Å²) in [4.78, 5) is 12.2. The van der Waals surface area contributed by atoms with Gasteiger partial charge in [0, 0.05) is 19.2 Å². The standard InChI is InChI=1S/C30H37N5O2/c1-21-10-12-22(13-11-21)18-35-28-26(16-25(17-31)32-29(28)37-19-23-6-5-7-23)33-30(35)34-14-15-36-20-27(34)24-8-3-2-4-9-24/h2-4,8-9,16,21-23,27H,5-7,10-15,18-20H2,1H3/t21?,22?,27-/m0/s1. The zero-order valence-corrected chi connectivity index (χ0v) is 21.8. The Balaban J connectivity index is 1.44. The van der Waals surface area contributed by atoms with E-state index in [0.29, 0.717) is 43.2 Å². The van der Waals surface area contributed by atoms with Crippen molar-refractivity contribution in [3.63, 3.8) is 0 Å². The number of anilines is 1. The van der Waals surface area contributed by atoms with E-state index in [2.05, 4.69) is 57.8 Å². The molecular formula is C30H37N5O2. The van der Waals surface area contributed by atoms with Crippen LogP contribution in [-0.4, -0.2) is 40.9 Å². The minimum atomic E-state index is 0.0830. The molecule has 1 aromatic carbocycles. The molecule has 7 heteroatoms. The maximum atomic E-state index is 9.73. The van der Waals surface area contributed by atoms with E-state index >= 15 is 0 Å². The molecule has 3 heterocycles. The van der Waals surface area contributed by atoms with Crippen LogP contribution in [-0.2, 0) is 11.3 Å². The van der Waals surface area contributed by atoms with Crippen molar-refractivity contribution in [2.45, 2.75) is 64.5 Å². The average molecular weight is 500 g/mol. The van der Waals surface area contributed by atoms with Gasteiger partial charge in [0.25, 0.3) is 0 Å². The summed E-state index contributed by atoms with van der Waals surface area (Å²) in [7, 11) is 0. The molecule has 2 saturated carbocycles. The molecule has 6 rings (SSSR count). The quantitative estimate of drug-likeness (QED) is 0.404. The molecule has 0 amide bonds. The Morgan fingerprint density at radius 3 is 2.59 bits per heavy atom. The molecule has 0 unspecified atom stereocenters. The monoisotopic (exact) mass is 499 g/mol. The van der Waals surface area contributed by atoms with Gasteiger partial charge in [0.05, 0.1) is 31.4 Å². The van der Waals surface area contributed by atoms with E-state index in [1.54, 1.807) is 0 Å². The molecule has 3 aliphatic rings. The van der Waals surface area contributed by atoms with Crippen molar-refractivity contribution in [2.75, 3.05) is 31.3 Å². The van der Waals surface area contributed by atoms with Gasteiger partial charge in [-0.2, -0.15) is 5.26 Å². The van der Waals surface area contributed by atoms with Crippen LogP contribution >= 0.6 is 0 Å². The first-order chi connectivity index (χ1) is 18.2. The predicted octanol–water partition coefficient (Wildman–Crippen LogP) is 5.89. The highest BCUT2D eigenvalue weighted by Gasteiger charge is 2.32. The topological polar surface area (TPSA) is 76.2 Å². The molecule has 37 heavy (non-hydrogen) atoms. The van der Waals surface area contributed by atoms with Crippen LogP contribution in [0.4, 0.5) is 5.95 Å². The van der Waals surface area contributed by atoms with E-state index < -0.39 is 0 Å². The maximum absolute atomic E-state index is 9.73. The summed E-state index contributed by atoms with van der Waals surface area (Å²) in [5, 5.41) is 9.73. The Bertz CT molecular complexity index is 1250. The van der Waals surface area contributed by atoms with Gasteiger partial charge < -0.3 is 18.9 Å². The van der Waals surface area contributed by atoms with Crippen molar-refractivity contribution in [1.29, 1.82) is 5.26 Å². The van der Waals surface area contributed by atoms with E-state index in [9.17, 15) is 5.26 Å². The Kier molecular flexibility index (Phi) is 7.01. The molecule has 194 valence electrons. The van der Waals surface area contributed by atoms with Crippen LogP contribution in [0, 0.1) is 29.1 Å². The van der Waals surface area contributed by atoms with Crippen LogP contribution in [0.5, 0.6) is 5.88 Å². The van der Waals surface area contributed by atoms with Crippen LogP contribution in [0.25, 0.3) is 11.0 Å². The molecule has 7 nitrogen and oxygen atoms in total. The summed E-state index contributed by atoms with van der Waals surface area (Å²) >= 11 is 0. The van der Waals surface area contributed by atoms with Crippen molar-refractivity contribution in [1.82, 2.24) is 14.5 Å². The molecule has 1 atom stereocenters. The van der Waals surface area contributed by atoms with Gasteiger partial charge in [-0.05, 0) is 49.0 Å². The van der Waals surface area contributed by atoms with E-state index in [0.717, 1.165) is 36.0 Å². The van der Waals surface area contributed by atoms with Gasteiger partial charge in [-0.25, -0.2) is 9.97 Å². The molecule has 0 spiro atoms. The number of hydrogen-bond acceptors (Lipinski definition) is 6. The first kappa shape index (κ1) is 24.2. The third kappa shape index (κ3) is 5.04. The number of benzene rings is 1. The number of nitriles is 1. The molecule has 2 aliphatic carbocycles. The second kappa shape index (κ2) is 10.7. The zero-order chi connectivity index (χ0) is 25.2. The molecule has 0 N–H and O–H groups in total. The molecule has 0 radical (unpaired) electrons. The van der Waals surface area contributed by atoms with Crippen molar-refractivity contribution < 1.29 is 9.47 Å². The summed E-state index contributed by atoms with van der Waals surface area (Å²) in [6, 6.07) is 14.7. The van der Waals surface area contributed by atoms with Crippen molar-refractivity contribution >= 4 is 17.0 Å². The lowest BCUT2D eigenvalue weighted by Gasteiger charge is -2.37. The lowest BCUT2D eigenvalue weighted by Crippen LogP contribution is -2.41. The summed E-state index contributed by atoms with van der Waals surface area (Å²) in [6.07, 6.45) is 8.70. The normalized spacial score (nSPS) is 24.5. The summed E-state index contributed by atoms with van der Waals surface area (Å²) < 4.78 is 14.7. The van der Waals surface area contributed by atoms with Gasteiger partial charge >= 0.3 is 0 Å². The summed E-state index contributed by atoms with van der Waals surface area (Å²) in [5.41, 5.74) is 3.32. The smallest absolute Gasteiger partial charge is 0.241 e. The first-order valence-electron chi connectivity index (χ1n) is 14.0. The van der Waals surface area contributed by atoms with Gasteiger partial charge in [-0.1, -0.05) is 56.5 Å². The molecule has 2 aromatic heterocycles. The van der Waals surface area contributed by atoms with Crippen LogP contribution in [0.3, 0.4) is 0 Å². The fraction of sp³-hybridized carbons (Fsp3) is 0.567. The van der Waals surface area contributed by atoms with E-state index in [1.807, 2.05) is 6.07 Å². The first-order valence-corrected chi connectivity index (χ1v) is 14.0. The average Bonchev–Trinajstić information content (AvgIpc) is 3.27. The van der Waals surface area contributed by atoms with Crippen LogP contribution in [0.15, 0.2) is 36.4 Å². The molecule has 1 saturated heterocycles. The Morgan fingerprint density at radius 1 is 1.05 bits per heavy atom. The molecule has 1 aliphatic heterocycles. The second-order valence-corrected chi connectivity index (χ2v) is 11.2. The number of hydrogen-bond donors (Lipinski definition) is 0. The van der Waals surface area contributed by atoms with Crippen molar-refractivity contribution in [2.24, 2.45) is 17.8 Å². The Morgan fingerprint density at radius 2 is 1.86 bits per heavy atom. The number of morpholine rings is 1. The van der Waals surface area contributed by atoms with Crippen LogP contribution in [0.1, 0.15) is 69.2 Å². The number of pyridine rings is 1. The van der Waals surface area contributed by atoms with Gasteiger partial charge in [0.2, 0.25) is 11.8 Å². The van der Waals surface area contributed by atoms with Crippen LogP contribution < -0.4 is 9.64 Å². The zero-order valence-electron chi connectivity index (χ0n) is 21.8. The van der Waals surface area contributed by atoms with E-state index in [1.165, 1.54) is 50.5 Å². The number of imidazole rings is 1. The number of ether oxygens (including phenoxy) is 2. The Hall–Kier alpha value is -3.11. The lowest BCUT2D eigenvalue weighted by atomic mass is 9.83. The van der Waals surface area contributed by atoms with E-state index in [4.69, 9.17) is 14.5 Å². The van der Waals surface area contributed by atoms with Crippen LogP contribution in [0.2, 0.25) is 0 Å². The second-order valence-electron chi connectivity index (χ2n) is 11.2. The molecule has 3 fully saturated rings. The Labute approximate surface area is 219 Å². The fourth-order valence-electron chi connectivity index (χ4n) is 6.08. The van der Waals surface area contributed by atoms with Crippen molar-refractivity contribution in [3.8, 4) is 11.9 Å². The van der Waals surface area contributed by atoms with Gasteiger partial charge in [0.1, 0.15) is 17.3 Å². The number of rotatable bonds is 7. The SMILES string of the molecule is CC1CCC(Cn2c(N3CCOC[C@H]3c3ccccc3)nc3cc(C#N)nc(OCC4CCC4)c32)CC1. The third-order valence-electron chi connectivity index (χ3n) is 8.61. The van der Waals surface area contributed by atoms with Gasteiger partial charge in [0.15, 0.2) is 0 Å². The fourth-order valence-corrected chi connectivity index (χ4v) is 6.08. The molecule has 3 aromatic rings. The minimum absolute atomic E-state index is 0.0830. The largest absolute Gasteiger partial charge is 0.476 e. The maximum Gasteiger partial charge on any atom is 0.241 e. The number of fused-ring (bicyclic) bond motifs is 1.